The Morgan fingerprint density at radius 1 is 1.00 bits per heavy atom. The summed E-state index contributed by atoms with van der Waals surface area (Å²) >= 11 is 6.86. The fourth-order valence-corrected chi connectivity index (χ4v) is 10.7. The van der Waals surface area contributed by atoms with Crippen molar-refractivity contribution in [3.63, 3.8) is 0 Å². The van der Waals surface area contributed by atoms with Gasteiger partial charge >= 0.3 is 5.97 Å². The Morgan fingerprint density at radius 3 is 2.44 bits per heavy atom. The molecule has 390 valence electrons. The summed E-state index contributed by atoms with van der Waals surface area (Å²) in [5.41, 5.74) is -2.02. The van der Waals surface area contributed by atoms with Gasteiger partial charge in [-0.25, -0.2) is 9.78 Å². The summed E-state index contributed by atoms with van der Waals surface area (Å²) in [5.74, 6) is 11.4. The number of aromatic nitrogens is 1. The molecule has 1 amide bonds. The summed E-state index contributed by atoms with van der Waals surface area (Å²) < 4.78 is 62.0. The van der Waals surface area contributed by atoms with Gasteiger partial charge < -0.3 is 73.1 Å². The van der Waals surface area contributed by atoms with Crippen LogP contribution in [0.2, 0.25) is 5.15 Å². The van der Waals surface area contributed by atoms with E-state index in [2.05, 4.69) is 34.0 Å². The van der Waals surface area contributed by atoms with Crippen molar-refractivity contribution < 1.29 is 77.4 Å². The number of allylic oxidation sites excluding steroid dienone is 1. The van der Waals surface area contributed by atoms with Gasteiger partial charge in [0.15, 0.2) is 46.7 Å². The van der Waals surface area contributed by atoms with Crippen LogP contribution >= 0.6 is 11.6 Å². The van der Waals surface area contributed by atoms with Crippen LogP contribution in [0.15, 0.2) is 53.6 Å². The molecule has 3 aromatic rings. The zero-order valence-electron chi connectivity index (χ0n) is 42.0. The number of phenols is 1. The van der Waals surface area contributed by atoms with E-state index in [-0.39, 0.29) is 70.9 Å². The molecule has 7 aliphatic rings. The average molecular weight is 1030 g/mol. The standard InChI is InChI=1S/C54H61ClN2O16/c1-25(2)45-27(5)68-43(22-37(45)59)71-41-24-66-52(62)35(57-51(61)34-21-33-30(17-36(34)58)18-39(67-26(3)4)47(65-9)46(33)64-8)20-32-15-16-38(50(55)56-32)70-40-19-31-14-13-29(41)11-10-12-42-54(31,73-42)49(40)72-44-23-53(7,63)48(60)28(6)69-44/h11,15-19,21,25-28,35,37,40-45,48-49,58-60,63H,20,22-24H2,1-9H3,(H,57,61)/b29-11+/t27-,28-,35?,37-,40-,41?,42-,43-,44-,45+,48-,49+,53+,54?/m0/s1. The van der Waals surface area contributed by atoms with Crippen LogP contribution in [0, 0.1) is 35.5 Å². The Balaban J connectivity index is 1.09. The molecule has 3 unspecified atom stereocenters. The van der Waals surface area contributed by atoms with Crippen LogP contribution in [0.4, 0.5) is 0 Å². The van der Waals surface area contributed by atoms with Crippen molar-refractivity contribution in [1.29, 1.82) is 0 Å². The third kappa shape index (κ3) is 10.3. The largest absolute Gasteiger partial charge is 0.507 e. The van der Waals surface area contributed by atoms with Crippen LogP contribution in [0.3, 0.4) is 0 Å². The van der Waals surface area contributed by atoms with Crippen LogP contribution in [0.25, 0.3) is 10.8 Å². The lowest BCUT2D eigenvalue weighted by Gasteiger charge is -2.43. The number of hydrogen-bond acceptors (Lipinski definition) is 17. The fraction of sp³-hybridized carbons (Fsp3) is 0.537. The minimum atomic E-state index is -1.55. The predicted molar refractivity (Wildman–Crippen MR) is 262 cm³/mol. The summed E-state index contributed by atoms with van der Waals surface area (Å²) in [6.07, 6.45) is -6.07. The predicted octanol–water partition coefficient (Wildman–Crippen LogP) is 4.85. The molecule has 5 aliphatic heterocycles. The monoisotopic (exact) mass is 1030 g/mol. The highest BCUT2D eigenvalue weighted by molar-refractivity contribution is 6.30. The Morgan fingerprint density at radius 2 is 1.75 bits per heavy atom. The van der Waals surface area contributed by atoms with Crippen molar-refractivity contribution in [2.75, 3.05) is 20.8 Å². The van der Waals surface area contributed by atoms with Gasteiger partial charge in [0.2, 0.25) is 5.75 Å². The van der Waals surface area contributed by atoms with Crippen molar-refractivity contribution in [3.8, 4) is 52.4 Å². The number of halogens is 1. The first kappa shape index (κ1) is 52.2. The van der Waals surface area contributed by atoms with Gasteiger partial charge in [-0.05, 0) is 82.3 Å². The van der Waals surface area contributed by atoms with Gasteiger partial charge in [0.05, 0.1) is 49.8 Å². The Labute approximate surface area is 428 Å². The lowest BCUT2D eigenvalue weighted by molar-refractivity contribution is -0.290. The van der Waals surface area contributed by atoms with Crippen molar-refractivity contribution >= 4 is 34.2 Å². The van der Waals surface area contributed by atoms with Crippen LogP contribution in [-0.4, -0.2) is 143 Å². The van der Waals surface area contributed by atoms with Crippen LogP contribution in [0.1, 0.15) is 77.4 Å². The third-order valence-corrected chi connectivity index (χ3v) is 14.4. The number of fused-ring (bicyclic) bond motifs is 8. The highest BCUT2D eigenvalue weighted by Crippen LogP contribution is 2.54. The van der Waals surface area contributed by atoms with E-state index in [1.54, 1.807) is 31.2 Å². The second kappa shape index (κ2) is 20.6. The van der Waals surface area contributed by atoms with Crippen LogP contribution < -0.4 is 24.3 Å². The number of esters is 1. The van der Waals surface area contributed by atoms with E-state index < -0.39 is 103 Å². The van der Waals surface area contributed by atoms with E-state index in [9.17, 15) is 30.0 Å². The molecule has 6 heterocycles. The van der Waals surface area contributed by atoms with E-state index in [1.165, 1.54) is 39.4 Å². The molecular formula is C54H61ClN2O16. The van der Waals surface area contributed by atoms with Crippen LogP contribution in [-0.2, 0) is 39.6 Å². The molecule has 2 aliphatic carbocycles. The number of aromatic hydroxyl groups is 1. The molecular weight excluding hydrogens is 968 g/mol. The number of carbonyl (C=O) groups is 2. The van der Waals surface area contributed by atoms with Gasteiger partial charge in [-0.1, -0.05) is 49.1 Å². The quantitative estimate of drug-likeness (QED) is 0.0747. The van der Waals surface area contributed by atoms with Crippen molar-refractivity contribution in [2.24, 2.45) is 11.8 Å². The maximum absolute atomic E-state index is 14.5. The molecule has 10 rings (SSSR count). The first-order chi connectivity index (χ1) is 34.7. The van der Waals surface area contributed by atoms with Crippen molar-refractivity contribution in [3.05, 3.63) is 70.0 Å². The molecule has 0 radical (unpaired) electrons. The van der Waals surface area contributed by atoms with E-state index in [4.69, 9.17) is 59.0 Å². The molecule has 19 heteroatoms. The molecule has 18 nitrogen and oxygen atoms in total. The Hall–Kier alpha value is -5.64. The lowest BCUT2D eigenvalue weighted by atomic mass is 9.82. The SMILES string of the molecule is COc1c(OC(C)C)cc2cc(O)c(C(=O)NC3Cc4ccc(c(Cl)n4)O[C@H]4C=C5C#C/C(=C\C#C[C@@H]6OC56[C@@H]4O[C@H]4C[C@@](C)(O)[C@@H](O)[C@H](C)O4)C(O[C@H]4C[C@H](O)[C@H](C(C)C)[C@H](C)O4)COC3=O)cc2c1OC. The first-order valence-electron chi connectivity index (χ1n) is 24.4. The molecule has 0 saturated carbocycles. The second-order valence-corrected chi connectivity index (χ2v) is 20.5. The van der Waals surface area contributed by atoms with Crippen LogP contribution in [0.5, 0.6) is 28.7 Å². The molecule has 3 saturated heterocycles. The van der Waals surface area contributed by atoms with Gasteiger partial charge in [-0.2, -0.15) is 0 Å². The zero-order valence-corrected chi connectivity index (χ0v) is 42.7. The number of ether oxygens (including phenoxy) is 10. The minimum absolute atomic E-state index is 0.0834. The lowest BCUT2D eigenvalue weighted by Crippen LogP contribution is -2.57. The van der Waals surface area contributed by atoms with Crippen molar-refractivity contribution in [1.82, 2.24) is 10.3 Å². The minimum Gasteiger partial charge on any atom is -0.507 e. The second-order valence-electron chi connectivity index (χ2n) is 20.1. The molecule has 5 bridgehead atoms. The number of benzene rings is 2. The van der Waals surface area contributed by atoms with Gasteiger partial charge in [0, 0.05) is 53.5 Å². The van der Waals surface area contributed by atoms with E-state index in [0.717, 1.165) is 0 Å². The topological polar surface area (TPSA) is 236 Å². The number of aliphatic hydroxyl groups excluding tert-OH is 2. The number of epoxide rings is 1. The number of aliphatic hydroxyl groups is 3. The van der Waals surface area contributed by atoms with E-state index in [1.807, 2.05) is 34.6 Å². The Bertz CT molecular complexity index is 2830. The van der Waals surface area contributed by atoms with E-state index in [0.29, 0.717) is 27.7 Å². The Kier molecular flexibility index (Phi) is 14.7. The summed E-state index contributed by atoms with van der Waals surface area (Å²) in [6, 6.07) is 6.16. The first-order valence-corrected chi connectivity index (χ1v) is 24.8. The van der Waals surface area contributed by atoms with Crippen molar-refractivity contribution in [2.45, 2.75) is 152 Å². The number of rotatable bonds is 11. The molecule has 73 heavy (non-hydrogen) atoms. The number of phenolic OH excluding ortho intramolecular Hbond substituents is 1. The number of nitrogens with zero attached hydrogens (tertiary/aromatic N) is 1. The number of methoxy groups -OCH3 is 2. The number of nitrogens with one attached hydrogen (secondary N) is 1. The normalized spacial score (nSPS) is 34.3. The highest BCUT2D eigenvalue weighted by atomic mass is 35.5. The van der Waals surface area contributed by atoms with E-state index >= 15 is 0 Å². The summed E-state index contributed by atoms with van der Waals surface area (Å²) in [5, 5.41) is 48.1. The maximum atomic E-state index is 14.5. The number of hydrogen-bond donors (Lipinski definition) is 5. The third-order valence-electron chi connectivity index (χ3n) is 14.1. The van der Waals surface area contributed by atoms with Gasteiger partial charge in [0.1, 0.15) is 42.8 Å². The fourth-order valence-electron chi connectivity index (χ4n) is 10.5. The van der Waals surface area contributed by atoms with Gasteiger partial charge in [-0.3, -0.25) is 4.79 Å². The molecule has 14 atom stereocenters. The van der Waals surface area contributed by atoms with Gasteiger partial charge in [0.25, 0.3) is 5.91 Å². The summed E-state index contributed by atoms with van der Waals surface area (Å²) in [4.78, 5) is 33.5. The number of pyridine rings is 1. The number of carbonyl (C=O) groups excluding carboxylic acids is 2. The number of amides is 1. The highest BCUT2D eigenvalue weighted by Gasteiger charge is 2.70. The maximum Gasteiger partial charge on any atom is 0.329 e. The molecule has 5 N–H and O–H groups in total. The average Bonchev–Trinajstić information content (AvgIpc) is 3.95. The molecule has 2 aromatic carbocycles. The summed E-state index contributed by atoms with van der Waals surface area (Å²) in [6.45, 7) is 12.3. The molecule has 1 spiro atoms. The van der Waals surface area contributed by atoms with Gasteiger partial charge in [-0.15, -0.1) is 0 Å². The molecule has 3 fully saturated rings. The smallest absolute Gasteiger partial charge is 0.329 e. The molecule has 1 aromatic heterocycles. The zero-order chi connectivity index (χ0) is 52.3. The summed E-state index contributed by atoms with van der Waals surface area (Å²) in [7, 11) is 2.90.